The molecule has 236 valence electrons. The Kier molecular flexibility index (Phi) is 10.4. The van der Waals surface area contributed by atoms with Crippen molar-refractivity contribution in [2.45, 2.75) is 46.0 Å². The number of aromatic nitrogens is 2. The minimum atomic E-state index is -4.47. The molecule has 0 bridgehead atoms. The number of halogens is 3. The first-order valence-electron chi connectivity index (χ1n) is 14.6. The summed E-state index contributed by atoms with van der Waals surface area (Å²) < 4.78 is 46.4. The van der Waals surface area contributed by atoms with E-state index in [1.54, 1.807) is 24.3 Å². The summed E-state index contributed by atoms with van der Waals surface area (Å²) in [6, 6.07) is 7.94. The lowest BCUT2D eigenvalue weighted by atomic mass is 9.92. The standard InChI is InChI=1S/C32H39F3N6O3/c1-20(2)16-40-12-10-25(21(3)17-40)39-31(43)24-13-22(14-27-29(24)38-19-41(27)18-32(33,34)35)7-6-11-37-26-15-23(30(42)36-4)8-9-28(26)44-5/h8-9,13-15,19-21,25,37H,10-12,16-18H2,1-5H3,(H,36,42)(H,39,43)/t21-,25-/m0/s1. The molecule has 3 N–H and O–H groups in total. The molecule has 9 nitrogen and oxygen atoms in total. The maximum atomic E-state index is 13.6. The predicted octanol–water partition coefficient (Wildman–Crippen LogP) is 4.53. The van der Waals surface area contributed by atoms with E-state index in [1.807, 2.05) is 0 Å². The average molecular weight is 613 g/mol. The molecule has 0 unspecified atom stereocenters. The van der Waals surface area contributed by atoms with Crippen LogP contribution in [0, 0.1) is 23.7 Å². The van der Waals surface area contributed by atoms with E-state index >= 15 is 0 Å². The normalized spacial score (nSPS) is 17.2. The number of alkyl halides is 3. The van der Waals surface area contributed by atoms with Crippen molar-refractivity contribution in [1.82, 2.24) is 25.1 Å². The monoisotopic (exact) mass is 612 g/mol. The van der Waals surface area contributed by atoms with Gasteiger partial charge in [-0.25, -0.2) is 4.98 Å². The van der Waals surface area contributed by atoms with Gasteiger partial charge < -0.3 is 30.2 Å². The molecule has 0 aliphatic carbocycles. The Hall–Kier alpha value is -4.24. The number of nitrogens with zero attached hydrogens (tertiary/aromatic N) is 3. The van der Waals surface area contributed by atoms with Crippen LogP contribution in [0.15, 0.2) is 36.7 Å². The van der Waals surface area contributed by atoms with Crippen molar-refractivity contribution >= 4 is 28.5 Å². The number of benzene rings is 2. The number of carbonyl (C=O) groups excluding carboxylic acids is 2. The van der Waals surface area contributed by atoms with Crippen molar-refractivity contribution < 1.29 is 27.5 Å². The number of hydrogen-bond donors (Lipinski definition) is 3. The summed E-state index contributed by atoms with van der Waals surface area (Å²) in [5, 5.41) is 8.79. The van der Waals surface area contributed by atoms with Gasteiger partial charge in [-0.15, -0.1) is 0 Å². The van der Waals surface area contributed by atoms with Crippen LogP contribution in [-0.2, 0) is 6.54 Å². The molecule has 3 aromatic rings. The maximum absolute atomic E-state index is 13.6. The number of rotatable bonds is 9. The minimum absolute atomic E-state index is 0.0716. The second-order valence-corrected chi connectivity index (χ2v) is 11.5. The van der Waals surface area contributed by atoms with Gasteiger partial charge in [0, 0.05) is 43.9 Å². The molecular formula is C32H39F3N6O3. The number of methoxy groups -OCH3 is 1. The third-order valence-corrected chi connectivity index (χ3v) is 7.54. The Morgan fingerprint density at radius 2 is 1.95 bits per heavy atom. The van der Waals surface area contributed by atoms with Crippen molar-refractivity contribution in [2.24, 2.45) is 11.8 Å². The van der Waals surface area contributed by atoms with Crippen molar-refractivity contribution in [3.8, 4) is 17.6 Å². The second-order valence-electron chi connectivity index (χ2n) is 11.5. The van der Waals surface area contributed by atoms with E-state index in [1.165, 1.54) is 20.2 Å². The zero-order valence-corrected chi connectivity index (χ0v) is 25.6. The van der Waals surface area contributed by atoms with Gasteiger partial charge in [0.15, 0.2) is 0 Å². The van der Waals surface area contributed by atoms with Gasteiger partial charge in [-0.2, -0.15) is 13.2 Å². The third-order valence-electron chi connectivity index (χ3n) is 7.54. The highest BCUT2D eigenvalue weighted by Crippen LogP contribution is 2.27. The number of ether oxygens (including phenoxy) is 1. The zero-order chi connectivity index (χ0) is 32.0. The van der Waals surface area contributed by atoms with Crippen LogP contribution in [0.5, 0.6) is 5.75 Å². The number of anilines is 1. The fraction of sp³-hybridized carbons (Fsp3) is 0.469. The number of fused-ring (bicyclic) bond motifs is 1. The number of hydrogen-bond acceptors (Lipinski definition) is 6. The smallest absolute Gasteiger partial charge is 0.406 e. The van der Waals surface area contributed by atoms with E-state index in [0.29, 0.717) is 28.5 Å². The lowest BCUT2D eigenvalue weighted by Gasteiger charge is -2.38. The van der Waals surface area contributed by atoms with Crippen LogP contribution in [0.4, 0.5) is 18.9 Å². The lowest BCUT2D eigenvalue weighted by Crippen LogP contribution is -2.50. The van der Waals surface area contributed by atoms with E-state index in [9.17, 15) is 22.8 Å². The Morgan fingerprint density at radius 3 is 2.61 bits per heavy atom. The summed E-state index contributed by atoms with van der Waals surface area (Å²) in [6.45, 7) is 8.05. The number of piperidine rings is 1. The Balaban J connectivity index is 1.58. The molecule has 1 aliphatic heterocycles. The van der Waals surface area contributed by atoms with Crippen LogP contribution < -0.4 is 20.7 Å². The third kappa shape index (κ3) is 8.23. The van der Waals surface area contributed by atoms with Crippen molar-refractivity contribution in [2.75, 3.05) is 45.7 Å². The van der Waals surface area contributed by atoms with Crippen molar-refractivity contribution in [3.63, 3.8) is 0 Å². The fourth-order valence-electron chi connectivity index (χ4n) is 5.52. The molecular weight excluding hydrogens is 573 g/mol. The van der Waals surface area contributed by atoms with Gasteiger partial charge in [0.05, 0.1) is 36.7 Å². The summed E-state index contributed by atoms with van der Waals surface area (Å²) in [7, 11) is 3.04. The Morgan fingerprint density at radius 1 is 1.18 bits per heavy atom. The number of nitrogens with one attached hydrogen (secondary N) is 3. The largest absolute Gasteiger partial charge is 0.495 e. The van der Waals surface area contributed by atoms with Crippen LogP contribution >= 0.6 is 0 Å². The van der Waals surface area contributed by atoms with Crippen LogP contribution in [-0.4, -0.2) is 78.8 Å². The highest BCUT2D eigenvalue weighted by molar-refractivity contribution is 6.05. The molecule has 1 fully saturated rings. The summed E-state index contributed by atoms with van der Waals surface area (Å²) in [4.78, 5) is 32.2. The van der Waals surface area contributed by atoms with Crippen molar-refractivity contribution in [3.05, 3.63) is 53.3 Å². The van der Waals surface area contributed by atoms with E-state index in [-0.39, 0.29) is 46.9 Å². The number of amides is 2. The molecule has 2 amide bonds. The highest BCUT2D eigenvalue weighted by atomic mass is 19.4. The minimum Gasteiger partial charge on any atom is -0.495 e. The molecule has 0 spiro atoms. The SMILES string of the molecule is CNC(=O)c1ccc(OC)c(NCC#Cc2cc(C(=O)N[C@H]3CCN(CC(C)C)C[C@@H]3C)c3ncn(CC(F)(F)F)c3c2)c1. The van der Waals surface area contributed by atoms with Gasteiger partial charge in [-0.3, -0.25) is 9.59 Å². The first kappa shape index (κ1) is 32.7. The number of imidazole rings is 1. The Bertz CT molecular complexity index is 1560. The van der Waals surface area contributed by atoms with Crippen LogP contribution in [0.1, 0.15) is 53.5 Å². The first-order valence-corrected chi connectivity index (χ1v) is 14.6. The van der Waals surface area contributed by atoms with Crippen LogP contribution in [0.3, 0.4) is 0 Å². The van der Waals surface area contributed by atoms with E-state index < -0.39 is 12.7 Å². The van der Waals surface area contributed by atoms with Gasteiger partial charge in [0.25, 0.3) is 11.8 Å². The summed E-state index contributed by atoms with van der Waals surface area (Å²) in [5.41, 5.74) is 1.90. The summed E-state index contributed by atoms with van der Waals surface area (Å²) >= 11 is 0. The molecule has 0 radical (unpaired) electrons. The lowest BCUT2D eigenvalue weighted by molar-refractivity contribution is -0.139. The van der Waals surface area contributed by atoms with E-state index in [0.717, 1.165) is 36.9 Å². The molecule has 2 heterocycles. The average Bonchev–Trinajstić information content (AvgIpc) is 3.36. The van der Waals surface area contributed by atoms with E-state index in [4.69, 9.17) is 4.74 Å². The highest BCUT2D eigenvalue weighted by Gasteiger charge is 2.31. The van der Waals surface area contributed by atoms with Crippen molar-refractivity contribution in [1.29, 1.82) is 0 Å². The first-order chi connectivity index (χ1) is 20.9. The molecule has 1 aromatic heterocycles. The summed E-state index contributed by atoms with van der Waals surface area (Å²) in [6.07, 6.45) is -2.59. The predicted molar refractivity (Wildman–Crippen MR) is 164 cm³/mol. The maximum Gasteiger partial charge on any atom is 0.406 e. The molecule has 4 rings (SSSR count). The van der Waals surface area contributed by atoms with Gasteiger partial charge in [0.1, 0.15) is 17.8 Å². The molecule has 44 heavy (non-hydrogen) atoms. The fourth-order valence-corrected chi connectivity index (χ4v) is 5.52. The number of likely N-dealkylation sites (tertiary alicyclic amines) is 1. The van der Waals surface area contributed by atoms with Gasteiger partial charge in [-0.1, -0.05) is 32.6 Å². The van der Waals surface area contributed by atoms with Crippen LogP contribution in [0.25, 0.3) is 11.0 Å². The quantitative estimate of drug-likeness (QED) is 0.307. The van der Waals surface area contributed by atoms with Gasteiger partial charge in [-0.05, 0) is 48.6 Å². The molecule has 2 aromatic carbocycles. The topological polar surface area (TPSA) is 101 Å². The Labute approximate surface area is 255 Å². The van der Waals surface area contributed by atoms with Crippen LogP contribution in [0.2, 0.25) is 0 Å². The molecule has 12 heteroatoms. The van der Waals surface area contributed by atoms with Gasteiger partial charge in [0.2, 0.25) is 0 Å². The van der Waals surface area contributed by atoms with E-state index in [2.05, 4.69) is 58.4 Å². The molecule has 1 saturated heterocycles. The molecule has 1 aliphatic rings. The number of carbonyl (C=O) groups is 2. The zero-order valence-electron chi connectivity index (χ0n) is 25.6. The van der Waals surface area contributed by atoms with Gasteiger partial charge >= 0.3 is 6.18 Å². The molecule has 0 saturated carbocycles. The summed E-state index contributed by atoms with van der Waals surface area (Å²) in [5.74, 6) is 6.54. The second kappa shape index (κ2) is 14.0. The molecule has 2 atom stereocenters.